The average molecular weight is 413 g/mol. The Morgan fingerprint density at radius 2 is 2.12 bits per heavy atom. The topological polar surface area (TPSA) is 67.2 Å². The minimum atomic E-state index is -0.281. The van der Waals surface area contributed by atoms with Crippen LogP contribution in [-0.2, 0) is 6.54 Å². The molecule has 1 unspecified atom stereocenters. The zero-order valence-electron chi connectivity index (χ0n) is 13.9. The second kappa shape index (κ2) is 8.00. The van der Waals surface area contributed by atoms with E-state index in [1.807, 2.05) is 24.3 Å². The molecule has 1 saturated heterocycles. The van der Waals surface area contributed by atoms with Gasteiger partial charge in [0.25, 0.3) is 11.5 Å². The van der Waals surface area contributed by atoms with Crippen molar-refractivity contribution in [2.75, 3.05) is 25.4 Å². The van der Waals surface area contributed by atoms with E-state index in [-0.39, 0.29) is 35.5 Å². The normalized spacial score (nSPS) is 19.0. The van der Waals surface area contributed by atoms with Gasteiger partial charge in [-0.1, -0.05) is 41.6 Å². The molecular formula is C17H18Cl2N4O2S. The van der Waals surface area contributed by atoms with Crippen LogP contribution in [0.3, 0.4) is 0 Å². The number of piperazine rings is 1. The van der Waals surface area contributed by atoms with Crippen molar-refractivity contribution in [3.63, 3.8) is 0 Å². The summed E-state index contributed by atoms with van der Waals surface area (Å²) in [7, 11) is 0. The van der Waals surface area contributed by atoms with Gasteiger partial charge in [0, 0.05) is 43.2 Å². The number of nitrogens with zero attached hydrogens (tertiary/aromatic N) is 3. The fourth-order valence-corrected chi connectivity index (χ4v) is 4.46. The molecule has 1 atom stereocenters. The molecule has 0 aliphatic carbocycles. The summed E-state index contributed by atoms with van der Waals surface area (Å²) in [6, 6.07) is 7.30. The van der Waals surface area contributed by atoms with Crippen molar-refractivity contribution in [2.24, 2.45) is 0 Å². The van der Waals surface area contributed by atoms with Crippen LogP contribution in [0.2, 0.25) is 5.02 Å². The molecule has 2 aromatic rings. The van der Waals surface area contributed by atoms with Crippen LogP contribution < -0.4 is 10.9 Å². The molecule has 1 aromatic carbocycles. The number of halogens is 2. The largest absolute Gasteiger partial charge is 0.329 e. The molecule has 9 heteroatoms. The van der Waals surface area contributed by atoms with Crippen molar-refractivity contribution in [1.29, 1.82) is 0 Å². The number of fused-ring (bicyclic) bond motifs is 1. The van der Waals surface area contributed by atoms with Crippen LogP contribution in [0.15, 0.2) is 40.4 Å². The van der Waals surface area contributed by atoms with Gasteiger partial charge in [-0.15, -0.1) is 12.4 Å². The van der Waals surface area contributed by atoms with Crippen molar-refractivity contribution in [3.8, 4) is 0 Å². The van der Waals surface area contributed by atoms with E-state index in [2.05, 4.69) is 10.3 Å². The fraction of sp³-hybridized carbons (Fsp3) is 0.353. The Morgan fingerprint density at radius 1 is 1.31 bits per heavy atom. The highest BCUT2D eigenvalue weighted by Gasteiger charge is 2.32. The Balaban J connectivity index is 0.00000196. The minimum absolute atomic E-state index is 0. The lowest BCUT2D eigenvalue weighted by Gasteiger charge is -2.36. The van der Waals surface area contributed by atoms with Crippen molar-refractivity contribution in [3.05, 3.63) is 57.0 Å². The SMILES string of the molecule is Cl.O=C(c1cnc2n(c1=O)CCS2)N1CCNCC1c1ccccc1Cl. The molecule has 0 saturated carbocycles. The molecule has 138 valence electrons. The minimum Gasteiger partial charge on any atom is -0.329 e. The number of carbonyl (C=O) groups excluding carboxylic acids is 1. The lowest BCUT2D eigenvalue weighted by atomic mass is 10.0. The van der Waals surface area contributed by atoms with Crippen LogP contribution in [-0.4, -0.2) is 45.7 Å². The Kier molecular flexibility index (Phi) is 5.92. The first kappa shape index (κ1) is 19.2. The Hall–Kier alpha value is -1.54. The number of benzene rings is 1. The predicted octanol–water partition coefficient (Wildman–Crippen LogP) is 2.21. The lowest BCUT2D eigenvalue weighted by Crippen LogP contribution is -2.50. The summed E-state index contributed by atoms with van der Waals surface area (Å²) >= 11 is 7.87. The van der Waals surface area contributed by atoms with Gasteiger partial charge in [0.2, 0.25) is 0 Å². The average Bonchev–Trinajstić information content (AvgIpc) is 3.12. The fourth-order valence-electron chi connectivity index (χ4n) is 3.29. The van der Waals surface area contributed by atoms with Gasteiger partial charge >= 0.3 is 0 Å². The van der Waals surface area contributed by atoms with Crippen molar-refractivity contribution in [1.82, 2.24) is 19.8 Å². The van der Waals surface area contributed by atoms with Gasteiger partial charge in [-0.05, 0) is 11.6 Å². The van der Waals surface area contributed by atoms with Gasteiger partial charge in [-0.3, -0.25) is 14.2 Å². The standard InChI is InChI=1S/C17H17ClN4O2S.ClH/c18-13-4-2-1-3-11(13)14-10-19-5-6-21(14)15(23)12-9-20-17-22(16(12)24)7-8-25-17;/h1-4,9,14,19H,5-8,10H2;1H. The van der Waals surface area contributed by atoms with Crippen LogP contribution in [0.4, 0.5) is 0 Å². The molecule has 0 radical (unpaired) electrons. The zero-order chi connectivity index (χ0) is 17.4. The second-order valence-electron chi connectivity index (χ2n) is 6.00. The maximum absolute atomic E-state index is 13.1. The number of nitrogens with one attached hydrogen (secondary N) is 1. The molecule has 1 amide bonds. The smallest absolute Gasteiger partial charge is 0.267 e. The zero-order valence-corrected chi connectivity index (χ0v) is 16.2. The molecular weight excluding hydrogens is 395 g/mol. The highest BCUT2D eigenvalue weighted by atomic mass is 35.5. The van der Waals surface area contributed by atoms with Gasteiger partial charge in [-0.2, -0.15) is 0 Å². The Bertz CT molecular complexity index is 889. The van der Waals surface area contributed by atoms with E-state index in [0.717, 1.165) is 11.3 Å². The quantitative estimate of drug-likeness (QED) is 0.765. The number of amides is 1. The van der Waals surface area contributed by atoms with Gasteiger partial charge in [0.15, 0.2) is 5.16 Å². The number of carbonyl (C=O) groups is 1. The van der Waals surface area contributed by atoms with Crippen molar-refractivity contribution < 1.29 is 4.79 Å². The molecule has 4 rings (SSSR count). The highest BCUT2D eigenvalue weighted by molar-refractivity contribution is 7.99. The molecule has 26 heavy (non-hydrogen) atoms. The van der Waals surface area contributed by atoms with Crippen LogP contribution in [0, 0.1) is 0 Å². The maximum atomic E-state index is 13.1. The van der Waals surface area contributed by atoms with Crippen LogP contribution in [0.1, 0.15) is 22.0 Å². The van der Waals surface area contributed by atoms with E-state index in [1.54, 1.807) is 9.47 Å². The second-order valence-corrected chi connectivity index (χ2v) is 7.47. The van der Waals surface area contributed by atoms with Gasteiger partial charge in [-0.25, -0.2) is 4.98 Å². The molecule has 2 aliphatic heterocycles. The first-order chi connectivity index (χ1) is 12.2. The van der Waals surface area contributed by atoms with E-state index >= 15 is 0 Å². The third kappa shape index (κ3) is 3.36. The van der Waals surface area contributed by atoms with Gasteiger partial charge in [0.1, 0.15) is 5.56 Å². The Labute approximate surface area is 166 Å². The highest BCUT2D eigenvalue weighted by Crippen LogP contribution is 2.29. The Morgan fingerprint density at radius 3 is 2.92 bits per heavy atom. The van der Waals surface area contributed by atoms with Crippen LogP contribution >= 0.6 is 35.8 Å². The van der Waals surface area contributed by atoms with E-state index in [1.165, 1.54) is 18.0 Å². The first-order valence-corrected chi connectivity index (χ1v) is 9.52. The van der Waals surface area contributed by atoms with E-state index in [0.29, 0.717) is 36.4 Å². The summed E-state index contributed by atoms with van der Waals surface area (Å²) < 4.78 is 1.59. The van der Waals surface area contributed by atoms with Crippen molar-refractivity contribution in [2.45, 2.75) is 17.7 Å². The monoisotopic (exact) mass is 412 g/mol. The molecule has 3 heterocycles. The molecule has 6 nitrogen and oxygen atoms in total. The summed E-state index contributed by atoms with van der Waals surface area (Å²) in [4.78, 5) is 31.8. The number of thioether (sulfide) groups is 1. The van der Waals surface area contributed by atoms with Gasteiger partial charge < -0.3 is 10.2 Å². The number of rotatable bonds is 2. The predicted molar refractivity (Wildman–Crippen MR) is 105 cm³/mol. The molecule has 0 spiro atoms. The summed E-state index contributed by atoms with van der Waals surface area (Å²) in [5.41, 5.74) is 0.760. The van der Waals surface area contributed by atoms with Crippen LogP contribution in [0.25, 0.3) is 0 Å². The third-order valence-corrected chi connectivity index (χ3v) is 5.87. The molecule has 1 fully saturated rings. The summed E-state index contributed by atoms with van der Waals surface area (Å²) in [5.74, 6) is 0.534. The van der Waals surface area contributed by atoms with E-state index in [4.69, 9.17) is 11.6 Å². The molecule has 2 aliphatic rings. The van der Waals surface area contributed by atoms with Gasteiger partial charge in [0.05, 0.1) is 6.04 Å². The molecule has 1 N–H and O–H groups in total. The first-order valence-electron chi connectivity index (χ1n) is 8.15. The molecule has 0 bridgehead atoms. The lowest BCUT2D eigenvalue weighted by molar-refractivity contribution is 0.0631. The number of aromatic nitrogens is 2. The summed E-state index contributed by atoms with van der Waals surface area (Å²) in [6.45, 7) is 2.40. The summed E-state index contributed by atoms with van der Waals surface area (Å²) in [5, 5.41) is 4.60. The maximum Gasteiger partial charge on any atom is 0.267 e. The molecule has 1 aromatic heterocycles. The van der Waals surface area contributed by atoms with Crippen LogP contribution in [0.5, 0.6) is 0 Å². The summed E-state index contributed by atoms with van der Waals surface area (Å²) in [6.07, 6.45) is 1.42. The van der Waals surface area contributed by atoms with Crippen molar-refractivity contribution >= 4 is 41.7 Å². The van der Waals surface area contributed by atoms with E-state index < -0.39 is 0 Å². The third-order valence-electron chi connectivity index (χ3n) is 4.56. The number of hydrogen-bond donors (Lipinski definition) is 1. The van der Waals surface area contributed by atoms with E-state index in [9.17, 15) is 9.59 Å². The number of hydrogen-bond acceptors (Lipinski definition) is 5.